The summed E-state index contributed by atoms with van der Waals surface area (Å²) in [6.45, 7) is 3.98. The lowest BCUT2D eigenvalue weighted by Crippen LogP contribution is -2.35. The molecule has 0 bridgehead atoms. The van der Waals surface area contributed by atoms with Crippen molar-refractivity contribution < 1.29 is 19.0 Å². The van der Waals surface area contributed by atoms with Crippen molar-refractivity contribution in [3.63, 3.8) is 0 Å². The second kappa shape index (κ2) is 11.8. The number of ether oxygens (including phenoxy) is 3. The van der Waals surface area contributed by atoms with Crippen LogP contribution in [0.15, 0.2) is 115 Å². The Hall–Kier alpha value is -3.88. The highest BCUT2D eigenvalue weighted by molar-refractivity contribution is 6.31. The molecule has 1 fully saturated rings. The summed E-state index contributed by atoms with van der Waals surface area (Å²) < 4.78 is 19.7. The second-order valence-electron chi connectivity index (χ2n) is 10.9. The smallest absolute Gasteiger partial charge is 0.171 e. The van der Waals surface area contributed by atoms with E-state index in [2.05, 4.69) is 51.7 Å². The van der Waals surface area contributed by atoms with E-state index < -0.39 is 29.5 Å². The van der Waals surface area contributed by atoms with Crippen LogP contribution in [0.5, 0.6) is 0 Å². The van der Waals surface area contributed by atoms with Crippen LogP contribution >= 0.6 is 11.6 Å². The summed E-state index contributed by atoms with van der Waals surface area (Å²) in [4.78, 5) is 21.7. The molecule has 0 radical (unpaired) electrons. The number of fused-ring (bicyclic) bond motifs is 1. The first-order valence-corrected chi connectivity index (χ1v) is 14.3. The molecule has 7 nitrogen and oxygen atoms in total. The van der Waals surface area contributed by atoms with Crippen molar-refractivity contribution >= 4 is 23.2 Å². The van der Waals surface area contributed by atoms with E-state index in [9.17, 15) is 4.79 Å². The largest absolute Gasteiger partial charge is 0.360 e. The number of anilines is 1. The summed E-state index contributed by atoms with van der Waals surface area (Å²) in [5.41, 5.74) is 2.97. The Morgan fingerprint density at radius 2 is 1.43 bits per heavy atom. The van der Waals surface area contributed by atoms with Crippen LogP contribution in [0, 0.1) is 5.92 Å². The molecule has 2 aliphatic rings. The van der Waals surface area contributed by atoms with Gasteiger partial charge in [0.2, 0.25) is 0 Å². The number of nitrogens with one attached hydrogen (secondary N) is 1. The van der Waals surface area contributed by atoms with Crippen molar-refractivity contribution in [2.24, 2.45) is 5.92 Å². The second-order valence-corrected chi connectivity index (χ2v) is 11.2. The highest BCUT2D eigenvalue weighted by Gasteiger charge is 2.52. The SMILES string of the molecule is CC1(C)OC2C(COC(c3ccccc3)(c3ccccc3)c3ccccc3)=CC(C(=O)CNc3nccnc3Cl)C2O1. The molecule has 3 atom stereocenters. The Labute approximate surface area is 250 Å². The minimum Gasteiger partial charge on any atom is -0.360 e. The molecule has 1 N–H and O–H groups in total. The monoisotopic (exact) mass is 581 g/mol. The van der Waals surface area contributed by atoms with Gasteiger partial charge in [-0.15, -0.1) is 0 Å². The molecule has 214 valence electrons. The van der Waals surface area contributed by atoms with Gasteiger partial charge in [-0.2, -0.15) is 0 Å². The van der Waals surface area contributed by atoms with Gasteiger partial charge in [0.05, 0.1) is 19.1 Å². The Morgan fingerprint density at radius 3 is 1.98 bits per heavy atom. The molecule has 3 aromatic carbocycles. The van der Waals surface area contributed by atoms with E-state index in [0.29, 0.717) is 5.82 Å². The molecule has 0 saturated carbocycles. The van der Waals surface area contributed by atoms with Gasteiger partial charge >= 0.3 is 0 Å². The van der Waals surface area contributed by atoms with Gasteiger partial charge in [0.25, 0.3) is 0 Å². The van der Waals surface area contributed by atoms with E-state index in [1.807, 2.05) is 74.5 Å². The van der Waals surface area contributed by atoms with Crippen LogP contribution in [-0.4, -0.2) is 46.9 Å². The molecule has 0 amide bonds. The lowest BCUT2D eigenvalue weighted by Gasteiger charge is -2.36. The number of Topliss-reactive ketones (excluding diaryl/α,β-unsaturated/α-hetero) is 1. The fourth-order valence-corrected chi connectivity index (χ4v) is 6.03. The van der Waals surface area contributed by atoms with Gasteiger partial charge in [0.1, 0.15) is 17.8 Å². The molecule has 42 heavy (non-hydrogen) atoms. The zero-order chi connectivity index (χ0) is 29.2. The lowest BCUT2D eigenvalue weighted by molar-refractivity contribution is -0.152. The standard InChI is InChI=1S/C34H32ClN3O4/c1-33(2)41-29-23(20-27(30(29)42-33)28(39)21-38-32-31(35)36-18-19-37-32)22-40-34(24-12-6-3-7-13-24,25-14-8-4-9-15-25)26-16-10-5-11-17-26/h3-20,27,29-30H,21-22H2,1-2H3,(H,37,38). The molecule has 8 heteroatoms. The molecule has 1 aromatic heterocycles. The molecule has 0 spiro atoms. The molecule has 3 unspecified atom stereocenters. The third kappa shape index (κ3) is 5.49. The van der Waals surface area contributed by atoms with Gasteiger partial charge in [0.15, 0.2) is 22.5 Å². The predicted molar refractivity (Wildman–Crippen MR) is 161 cm³/mol. The molecule has 1 aliphatic heterocycles. The number of ketones is 1. The van der Waals surface area contributed by atoms with Crippen molar-refractivity contribution in [2.45, 2.75) is 37.4 Å². The van der Waals surface area contributed by atoms with Gasteiger partial charge < -0.3 is 19.5 Å². The van der Waals surface area contributed by atoms with E-state index in [-0.39, 0.29) is 24.1 Å². The van der Waals surface area contributed by atoms with E-state index in [4.69, 9.17) is 25.8 Å². The number of hydrogen-bond donors (Lipinski definition) is 1. The maximum atomic E-state index is 13.5. The number of rotatable bonds is 10. The Balaban J connectivity index is 1.33. The first kappa shape index (κ1) is 28.2. The van der Waals surface area contributed by atoms with Crippen LogP contribution in [0.4, 0.5) is 5.82 Å². The average molecular weight is 582 g/mol. The van der Waals surface area contributed by atoms with Crippen molar-refractivity contribution in [1.82, 2.24) is 9.97 Å². The van der Waals surface area contributed by atoms with Gasteiger partial charge in [-0.3, -0.25) is 4.79 Å². The minimum atomic E-state index is -0.901. The van der Waals surface area contributed by atoms with Gasteiger partial charge in [-0.05, 0) is 36.1 Å². The number of carbonyl (C=O) groups is 1. The van der Waals surface area contributed by atoms with Crippen molar-refractivity contribution in [3.05, 3.63) is 137 Å². The summed E-state index contributed by atoms with van der Waals surface area (Å²) in [6.07, 6.45) is 4.07. The Kier molecular flexibility index (Phi) is 7.92. The van der Waals surface area contributed by atoms with Gasteiger partial charge in [-0.1, -0.05) is 109 Å². The molecule has 2 heterocycles. The van der Waals surface area contributed by atoms with Gasteiger partial charge in [-0.25, -0.2) is 9.97 Å². The molecular weight excluding hydrogens is 550 g/mol. The zero-order valence-corrected chi connectivity index (χ0v) is 24.2. The third-order valence-corrected chi connectivity index (χ3v) is 7.97. The van der Waals surface area contributed by atoms with E-state index in [1.165, 1.54) is 12.4 Å². The first-order chi connectivity index (χ1) is 20.4. The zero-order valence-electron chi connectivity index (χ0n) is 23.4. The van der Waals surface area contributed by atoms with Gasteiger partial charge in [0, 0.05) is 12.4 Å². The topological polar surface area (TPSA) is 82.6 Å². The maximum Gasteiger partial charge on any atom is 0.171 e. The van der Waals surface area contributed by atoms with Crippen LogP contribution in [-0.2, 0) is 24.6 Å². The number of nitrogens with zero attached hydrogens (tertiary/aromatic N) is 2. The normalized spacial score (nSPS) is 21.0. The number of benzene rings is 3. The fourth-order valence-electron chi connectivity index (χ4n) is 5.85. The molecule has 1 aliphatic carbocycles. The van der Waals surface area contributed by atoms with Crippen LogP contribution in [0.2, 0.25) is 5.15 Å². The summed E-state index contributed by atoms with van der Waals surface area (Å²) in [5.74, 6) is -1.08. The number of aromatic nitrogens is 2. The Bertz CT molecular complexity index is 1470. The highest BCUT2D eigenvalue weighted by atomic mass is 35.5. The van der Waals surface area contributed by atoms with Crippen molar-refractivity contribution in [1.29, 1.82) is 0 Å². The molecule has 4 aromatic rings. The summed E-state index contributed by atoms with van der Waals surface area (Å²) in [6, 6.07) is 30.6. The average Bonchev–Trinajstić information content (AvgIpc) is 3.51. The maximum absolute atomic E-state index is 13.5. The number of hydrogen-bond acceptors (Lipinski definition) is 7. The van der Waals surface area contributed by atoms with Crippen LogP contribution in [0.1, 0.15) is 30.5 Å². The minimum absolute atomic E-state index is 0.0166. The third-order valence-electron chi connectivity index (χ3n) is 7.69. The summed E-state index contributed by atoms with van der Waals surface area (Å²) in [7, 11) is 0. The fraction of sp³-hybridized carbons (Fsp3) is 0.265. The van der Waals surface area contributed by atoms with Crippen molar-refractivity contribution in [3.8, 4) is 0 Å². The van der Waals surface area contributed by atoms with Crippen molar-refractivity contribution in [2.75, 3.05) is 18.5 Å². The van der Waals surface area contributed by atoms with E-state index in [0.717, 1.165) is 22.3 Å². The Morgan fingerprint density at radius 1 is 0.881 bits per heavy atom. The first-order valence-electron chi connectivity index (χ1n) is 14.0. The van der Waals surface area contributed by atoms with E-state index >= 15 is 0 Å². The molecule has 1 saturated heterocycles. The summed E-state index contributed by atoms with van der Waals surface area (Å²) >= 11 is 6.13. The highest BCUT2D eigenvalue weighted by Crippen LogP contribution is 2.45. The van der Waals surface area contributed by atoms with Crippen LogP contribution < -0.4 is 5.32 Å². The van der Waals surface area contributed by atoms with Crippen LogP contribution in [0.25, 0.3) is 0 Å². The summed E-state index contributed by atoms with van der Waals surface area (Å²) in [5, 5.41) is 3.22. The van der Waals surface area contributed by atoms with Crippen LogP contribution in [0.3, 0.4) is 0 Å². The number of carbonyl (C=O) groups excluding carboxylic acids is 1. The van der Waals surface area contributed by atoms with E-state index in [1.54, 1.807) is 0 Å². The number of halogens is 1. The quantitative estimate of drug-likeness (QED) is 0.176. The predicted octanol–water partition coefficient (Wildman–Crippen LogP) is 6.20. The molecule has 6 rings (SSSR count). The lowest BCUT2D eigenvalue weighted by atomic mass is 9.80. The molecular formula is C34H32ClN3O4.